The van der Waals surface area contributed by atoms with Gasteiger partial charge < -0.3 is 14.6 Å². The van der Waals surface area contributed by atoms with Gasteiger partial charge in [-0.3, -0.25) is 4.79 Å². The molecule has 0 fully saturated rings. The van der Waals surface area contributed by atoms with E-state index in [0.29, 0.717) is 23.5 Å². The number of aliphatic hydroxyl groups excluding tert-OH is 1. The zero-order chi connectivity index (χ0) is 43.5. The van der Waals surface area contributed by atoms with Gasteiger partial charge in [0.2, 0.25) is 11.5 Å². The van der Waals surface area contributed by atoms with E-state index in [-0.39, 0.29) is 17.3 Å². The van der Waals surface area contributed by atoms with Crippen LogP contribution in [0.5, 0.6) is 0 Å². The fraction of sp³-hybridized carbons (Fsp3) is 0.907. The van der Waals surface area contributed by atoms with Gasteiger partial charge in [-0.05, 0) is 78.6 Å². The number of methoxy groups -OCH3 is 2. The van der Waals surface area contributed by atoms with Crippen molar-refractivity contribution in [3.8, 4) is 0 Å². The first-order chi connectivity index (χ1) is 27.6. The van der Waals surface area contributed by atoms with Crippen molar-refractivity contribution in [1.29, 1.82) is 0 Å². The highest BCUT2D eigenvalue weighted by molar-refractivity contribution is 6.09. The summed E-state index contributed by atoms with van der Waals surface area (Å²) in [4.78, 5) is 13.0. The van der Waals surface area contributed by atoms with E-state index >= 15 is 0 Å². The summed E-state index contributed by atoms with van der Waals surface area (Å²) < 4.78 is 10.6. The number of rotatable bonds is 37. The van der Waals surface area contributed by atoms with E-state index in [0.717, 1.165) is 53.8 Å². The number of hydrogen-bond donors (Lipinski definition) is 1. The van der Waals surface area contributed by atoms with E-state index < -0.39 is 6.10 Å². The molecule has 0 radical (unpaired) electrons. The normalized spacial score (nSPS) is 19.3. The lowest BCUT2D eigenvalue weighted by Crippen LogP contribution is -2.28. The Morgan fingerprint density at radius 2 is 0.690 bits per heavy atom. The second-order valence-corrected chi connectivity index (χ2v) is 21.2. The molecular formula is C54H102O4. The largest absolute Gasteiger partial charge is 0.494 e. The van der Waals surface area contributed by atoms with Crippen LogP contribution in [0.25, 0.3) is 0 Å². The molecule has 0 aromatic rings. The van der Waals surface area contributed by atoms with Gasteiger partial charge in [0, 0.05) is 5.57 Å². The molecular weight excluding hydrogens is 713 g/mol. The summed E-state index contributed by atoms with van der Waals surface area (Å²) in [5.74, 6) is 7.77. The van der Waals surface area contributed by atoms with Crippen molar-refractivity contribution in [2.24, 2.45) is 53.3 Å². The van der Waals surface area contributed by atoms with Gasteiger partial charge in [-0.25, -0.2) is 0 Å². The molecule has 4 heteroatoms. The van der Waals surface area contributed by atoms with Crippen LogP contribution < -0.4 is 0 Å². The molecule has 0 bridgehead atoms. The molecule has 0 saturated heterocycles. The standard InChI is InChI=1S/C54H102O4/c1-40(2)22-14-23-41(3)24-15-25-42(4)26-16-27-43(5)28-17-29-44(6)30-18-31-45(7)32-19-33-46(8)34-20-35-47(9)36-21-37-48(10)38-39-50-49(11)51(55)53(57-12)54(58-13)52(50)56/h40-48,51,55H,14-39H2,1-13H3/t41?,42?,43?,44?,45?,46?,47?,48?,51-/m0/s1. The lowest BCUT2D eigenvalue weighted by Gasteiger charge is -2.26. The summed E-state index contributed by atoms with van der Waals surface area (Å²) >= 11 is 0. The van der Waals surface area contributed by atoms with Gasteiger partial charge in [0.1, 0.15) is 6.10 Å². The van der Waals surface area contributed by atoms with Crippen LogP contribution >= 0.6 is 0 Å². The lowest BCUT2D eigenvalue weighted by atomic mass is 9.86. The number of carbonyl (C=O) groups excluding carboxylic acids is 1. The number of Topliss-reactive ketones (excluding diaryl/α,β-unsaturated/α-hetero) is 1. The molecule has 0 saturated carbocycles. The Morgan fingerprint density at radius 1 is 0.431 bits per heavy atom. The predicted octanol–water partition coefficient (Wildman–Crippen LogP) is 16.6. The molecule has 0 amide bonds. The van der Waals surface area contributed by atoms with Crippen molar-refractivity contribution < 1.29 is 19.4 Å². The van der Waals surface area contributed by atoms with Gasteiger partial charge in [-0.1, -0.05) is 223 Å². The van der Waals surface area contributed by atoms with Gasteiger partial charge in [-0.15, -0.1) is 0 Å². The summed E-state index contributed by atoms with van der Waals surface area (Å²) in [6.07, 6.45) is 34.2. The zero-order valence-electron chi connectivity index (χ0n) is 41.3. The van der Waals surface area contributed by atoms with Crippen molar-refractivity contribution in [2.75, 3.05) is 14.2 Å². The molecule has 58 heavy (non-hydrogen) atoms. The second kappa shape index (κ2) is 32.4. The maximum atomic E-state index is 13.0. The average molecular weight is 815 g/mol. The molecule has 1 aliphatic carbocycles. The number of allylic oxidation sites excluding steroid dienone is 1. The first-order valence-electron chi connectivity index (χ1n) is 25.3. The van der Waals surface area contributed by atoms with Gasteiger partial charge in [0.15, 0.2) is 5.76 Å². The maximum absolute atomic E-state index is 13.0. The highest BCUT2D eigenvalue weighted by Gasteiger charge is 2.34. The second-order valence-electron chi connectivity index (χ2n) is 21.2. The Hall–Kier alpha value is -1.29. The number of aliphatic hydroxyl groups is 1. The van der Waals surface area contributed by atoms with Crippen LogP contribution in [0.4, 0.5) is 0 Å². The first kappa shape index (κ1) is 54.7. The smallest absolute Gasteiger partial charge is 0.227 e. The monoisotopic (exact) mass is 815 g/mol. The van der Waals surface area contributed by atoms with E-state index in [4.69, 9.17) is 9.47 Å². The predicted molar refractivity (Wildman–Crippen MR) is 253 cm³/mol. The average Bonchev–Trinajstić information content (AvgIpc) is 3.16. The van der Waals surface area contributed by atoms with Gasteiger partial charge in [0.25, 0.3) is 0 Å². The van der Waals surface area contributed by atoms with Crippen molar-refractivity contribution in [2.45, 2.75) is 249 Å². The van der Waals surface area contributed by atoms with Crippen LogP contribution in [-0.2, 0) is 14.3 Å². The van der Waals surface area contributed by atoms with E-state index in [1.807, 2.05) is 6.92 Å². The Morgan fingerprint density at radius 3 is 0.931 bits per heavy atom. The topological polar surface area (TPSA) is 55.8 Å². The lowest BCUT2D eigenvalue weighted by molar-refractivity contribution is -0.116. The number of hydrogen-bond acceptors (Lipinski definition) is 4. The fourth-order valence-electron chi connectivity index (χ4n) is 9.75. The molecule has 1 N–H and O–H groups in total. The van der Waals surface area contributed by atoms with Crippen LogP contribution in [0, 0.1) is 53.3 Å². The van der Waals surface area contributed by atoms with Crippen molar-refractivity contribution in [3.05, 3.63) is 22.7 Å². The van der Waals surface area contributed by atoms with Gasteiger partial charge >= 0.3 is 0 Å². The highest BCUT2D eigenvalue weighted by Crippen LogP contribution is 2.33. The Labute approximate surface area is 363 Å². The molecule has 0 aromatic heterocycles. The SMILES string of the molecule is COC1=C(OC)[C@@H](O)C(C)=C(CCC(C)CCCC(C)CCCC(C)CCCC(C)CCCC(C)CCCC(C)CCCC(C)CCCC(C)CCCC(C)C)C1=O. The highest BCUT2D eigenvalue weighted by atomic mass is 16.5. The minimum absolute atomic E-state index is 0.137. The molecule has 0 aliphatic heterocycles. The molecule has 9 atom stereocenters. The Kier molecular flexibility index (Phi) is 30.6. The van der Waals surface area contributed by atoms with Crippen LogP contribution in [0.3, 0.4) is 0 Å². The number of ketones is 1. The molecule has 0 heterocycles. The van der Waals surface area contributed by atoms with Gasteiger partial charge in [-0.2, -0.15) is 0 Å². The van der Waals surface area contributed by atoms with Crippen LogP contribution in [-0.4, -0.2) is 31.2 Å². The van der Waals surface area contributed by atoms with E-state index in [9.17, 15) is 9.90 Å². The third-order valence-electron chi connectivity index (χ3n) is 14.4. The molecule has 342 valence electrons. The summed E-state index contributed by atoms with van der Waals surface area (Å²) in [6, 6.07) is 0. The first-order valence-corrected chi connectivity index (χ1v) is 25.3. The van der Waals surface area contributed by atoms with Crippen molar-refractivity contribution >= 4 is 5.78 Å². The number of carbonyl (C=O) groups is 1. The molecule has 0 aromatic carbocycles. The molecule has 4 nitrogen and oxygen atoms in total. The molecule has 8 unspecified atom stereocenters. The minimum atomic E-state index is -0.903. The zero-order valence-corrected chi connectivity index (χ0v) is 41.3. The summed E-state index contributed by atoms with van der Waals surface area (Å²) in [5, 5.41) is 10.6. The third kappa shape index (κ3) is 24.8. The van der Waals surface area contributed by atoms with Crippen LogP contribution in [0.2, 0.25) is 0 Å². The number of ether oxygens (including phenoxy) is 2. The quantitative estimate of drug-likeness (QED) is 0.0679. The van der Waals surface area contributed by atoms with Crippen molar-refractivity contribution in [3.63, 3.8) is 0 Å². The Bertz CT molecular complexity index is 1100. The van der Waals surface area contributed by atoms with Crippen molar-refractivity contribution in [1.82, 2.24) is 0 Å². The minimum Gasteiger partial charge on any atom is -0.494 e. The van der Waals surface area contributed by atoms with Crippen LogP contribution in [0.1, 0.15) is 243 Å². The van der Waals surface area contributed by atoms with Gasteiger partial charge in [0.05, 0.1) is 14.2 Å². The molecule has 1 aliphatic rings. The maximum Gasteiger partial charge on any atom is 0.227 e. The summed E-state index contributed by atoms with van der Waals surface area (Å²) in [5.41, 5.74) is 1.39. The molecule has 0 spiro atoms. The van der Waals surface area contributed by atoms with E-state index in [1.165, 1.54) is 168 Å². The third-order valence-corrected chi connectivity index (χ3v) is 14.4. The van der Waals surface area contributed by atoms with E-state index in [1.54, 1.807) is 0 Å². The van der Waals surface area contributed by atoms with E-state index in [2.05, 4.69) is 69.2 Å². The molecule has 1 rings (SSSR count). The van der Waals surface area contributed by atoms with Crippen LogP contribution in [0.15, 0.2) is 22.7 Å². The fourth-order valence-corrected chi connectivity index (χ4v) is 9.75. The Balaban J connectivity index is 2.05. The summed E-state index contributed by atoms with van der Waals surface area (Å²) in [7, 11) is 2.94. The summed E-state index contributed by atoms with van der Waals surface area (Å²) in [6.45, 7) is 26.2.